The Morgan fingerprint density at radius 2 is 1.74 bits per heavy atom. The van der Waals surface area contributed by atoms with E-state index < -0.39 is 0 Å². The Kier molecular flexibility index (Phi) is 4.10. The maximum absolute atomic E-state index is 14.4. The number of halogens is 2. The molecule has 0 atom stereocenters. The summed E-state index contributed by atoms with van der Waals surface area (Å²) >= 11 is 3.47. The molecule has 0 bridgehead atoms. The molecule has 2 aromatic carbocycles. The molecule has 0 radical (unpaired) electrons. The quantitative estimate of drug-likeness (QED) is 0.637. The molecule has 2 rings (SSSR count). The predicted molar refractivity (Wildman–Crippen MR) is 83.1 cm³/mol. The molecule has 2 heteroatoms. The van der Waals surface area contributed by atoms with E-state index in [1.807, 2.05) is 38.1 Å². The average Bonchev–Trinajstić information content (AvgIpc) is 2.36. The lowest BCUT2D eigenvalue weighted by molar-refractivity contribution is 0.604. The normalized spacial score (nSPS) is 11.1. The summed E-state index contributed by atoms with van der Waals surface area (Å²) in [4.78, 5) is 0. The van der Waals surface area contributed by atoms with E-state index in [0.29, 0.717) is 5.92 Å². The zero-order valence-electron chi connectivity index (χ0n) is 11.7. The van der Waals surface area contributed by atoms with Crippen molar-refractivity contribution in [2.45, 2.75) is 33.6 Å². The highest BCUT2D eigenvalue weighted by atomic mass is 79.9. The largest absolute Gasteiger partial charge is 0.206 e. The summed E-state index contributed by atoms with van der Waals surface area (Å²) in [6, 6.07) is 10.1. The lowest BCUT2D eigenvalue weighted by Gasteiger charge is -2.17. The molecule has 0 heterocycles. The van der Waals surface area contributed by atoms with E-state index in [1.165, 1.54) is 0 Å². The van der Waals surface area contributed by atoms with Crippen LogP contribution in [0, 0.1) is 19.7 Å². The van der Waals surface area contributed by atoms with Crippen LogP contribution >= 0.6 is 15.9 Å². The second-order valence-electron chi connectivity index (χ2n) is 5.24. The van der Waals surface area contributed by atoms with Crippen LogP contribution in [0.2, 0.25) is 0 Å². The van der Waals surface area contributed by atoms with Gasteiger partial charge in [0.25, 0.3) is 0 Å². The summed E-state index contributed by atoms with van der Waals surface area (Å²) in [5, 5.41) is 0. The zero-order valence-corrected chi connectivity index (χ0v) is 13.3. The van der Waals surface area contributed by atoms with Gasteiger partial charge in [0, 0.05) is 4.47 Å². The van der Waals surface area contributed by atoms with Crippen LogP contribution in [0.5, 0.6) is 0 Å². The zero-order chi connectivity index (χ0) is 14.2. The van der Waals surface area contributed by atoms with E-state index in [0.717, 1.165) is 32.3 Å². The lowest BCUT2D eigenvalue weighted by atomic mass is 9.90. The maximum atomic E-state index is 14.4. The second kappa shape index (κ2) is 5.46. The Hall–Kier alpha value is -1.15. The van der Waals surface area contributed by atoms with Crippen molar-refractivity contribution in [2.75, 3.05) is 0 Å². The molecule has 0 saturated heterocycles. The molecule has 19 heavy (non-hydrogen) atoms. The molecular weight excluding hydrogens is 303 g/mol. The first-order chi connectivity index (χ1) is 8.91. The molecule has 0 aliphatic heterocycles. The summed E-state index contributed by atoms with van der Waals surface area (Å²) in [7, 11) is 0. The Morgan fingerprint density at radius 3 is 2.32 bits per heavy atom. The van der Waals surface area contributed by atoms with Crippen LogP contribution in [-0.4, -0.2) is 0 Å². The maximum Gasteiger partial charge on any atom is 0.129 e. The highest BCUT2D eigenvalue weighted by Crippen LogP contribution is 2.33. The number of hydrogen-bond donors (Lipinski definition) is 0. The molecule has 100 valence electrons. The van der Waals surface area contributed by atoms with Crippen molar-refractivity contribution < 1.29 is 4.39 Å². The van der Waals surface area contributed by atoms with Gasteiger partial charge in [-0.3, -0.25) is 0 Å². The van der Waals surface area contributed by atoms with Crippen LogP contribution in [0.3, 0.4) is 0 Å². The molecule has 0 aromatic heterocycles. The topological polar surface area (TPSA) is 0 Å². The number of benzene rings is 2. The summed E-state index contributed by atoms with van der Waals surface area (Å²) in [6.45, 7) is 7.91. The fourth-order valence-electron chi connectivity index (χ4n) is 2.45. The van der Waals surface area contributed by atoms with Gasteiger partial charge in [-0.05, 0) is 59.7 Å². The molecule has 0 nitrogen and oxygen atoms in total. The molecule has 0 saturated carbocycles. The van der Waals surface area contributed by atoms with Crippen LogP contribution in [0.25, 0.3) is 11.1 Å². The van der Waals surface area contributed by atoms with Crippen LogP contribution in [0.4, 0.5) is 4.39 Å². The van der Waals surface area contributed by atoms with Gasteiger partial charge in [0.1, 0.15) is 5.82 Å². The first-order valence-corrected chi connectivity index (χ1v) is 7.26. The van der Waals surface area contributed by atoms with Gasteiger partial charge in [-0.15, -0.1) is 0 Å². The Morgan fingerprint density at radius 1 is 1.05 bits per heavy atom. The van der Waals surface area contributed by atoms with Crippen LogP contribution in [0.15, 0.2) is 34.8 Å². The Bertz CT molecular complexity index is 615. The summed E-state index contributed by atoms with van der Waals surface area (Å²) in [5.74, 6) is 0.238. The highest BCUT2D eigenvalue weighted by molar-refractivity contribution is 9.10. The minimum Gasteiger partial charge on any atom is -0.206 e. The van der Waals surface area contributed by atoms with E-state index in [-0.39, 0.29) is 5.82 Å². The predicted octanol–water partition coefficient (Wildman–Crippen LogP) is 6.00. The molecule has 0 spiro atoms. The Balaban J connectivity index is 2.70. The van der Waals surface area contributed by atoms with Crippen molar-refractivity contribution in [3.63, 3.8) is 0 Å². The van der Waals surface area contributed by atoms with Gasteiger partial charge < -0.3 is 0 Å². The first-order valence-electron chi connectivity index (χ1n) is 6.47. The first kappa shape index (κ1) is 14.3. The van der Waals surface area contributed by atoms with Gasteiger partial charge in [0.05, 0.1) is 0 Å². The molecule has 0 unspecified atom stereocenters. The monoisotopic (exact) mass is 320 g/mol. The molecule has 0 fully saturated rings. The van der Waals surface area contributed by atoms with Crippen molar-refractivity contribution in [3.05, 3.63) is 57.3 Å². The highest BCUT2D eigenvalue weighted by Gasteiger charge is 2.15. The third-order valence-electron chi connectivity index (χ3n) is 3.55. The molecule has 0 N–H and O–H groups in total. The van der Waals surface area contributed by atoms with Gasteiger partial charge in [-0.1, -0.05) is 48.0 Å². The van der Waals surface area contributed by atoms with Gasteiger partial charge >= 0.3 is 0 Å². The minimum atomic E-state index is -0.0822. The number of hydrogen-bond acceptors (Lipinski definition) is 0. The van der Waals surface area contributed by atoms with Crippen molar-refractivity contribution in [1.82, 2.24) is 0 Å². The molecule has 0 aliphatic carbocycles. The second-order valence-corrected chi connectivity index (χ2v) is 6.16. The molecule has 2 aromatic rings. The SMILES string of the molecule is Cc1c(-c2cccc(Br)c2)cc(C(C)C)c(C)c1F. The summed E-state index contributed by atoms with van der Waals surface area (Å²) in [6.07, 6.45) is 0. The van der Waals surface area contributed by atoms with Gasteiger partial charge in [-0.2, -0.15) is 0 Å². The molecular formula is C17H18BrF. The van der Waals surface area contributed by atoms with Gasteiger partial charge in [-0.25, -0.2) is 4.39 Å². The van der Waals surface area contributed by atoms with E-state index in [4.69, 9.17) is 0 Å². The van der Waals surface area contributed by atoms with Crippen molar-refractivity contribution >= 4 is 15.9 Å². The van der Waals surface area contributed by atoms with Gasteiger partial charge in [0.15, 0.2) is 0 Å². The summed E-state index contributed by atoms with van der Waals surface area (Å²) < 4.78 is 15.4. The third-order valence-corrected chi connectivity index (χ3v) is 4.05. The van der Waals surface area contributed by atoms with Gasteiger partial charge in [0.2, 0.25) is 0 Å². The van der Waals surface area contributed by atoms with Crippen molar-refractivity contribution in [2.24, 2.45) is 0 Å². The van der Waals surface area contributed by atoms with Crippen LogP contribution in [0.1, 0.15) is 36.5 Å². The Labute approximate surface area is 122 Å². The summed E-state index contributed by atoms with van der Waals surface area (Å²) in [5.41, 5.74) is 4.60. The minimum absolute atomic E-state index is 0.0822. The standard InChI is InChI=1S/C17H18BrF/c1-10(2)15-9-16(12(4)17(19)11(15)3)13-6-5-7-14(18)8-13/h5-10H,1-4H3. The number of rotatable bonds is 2. The van der Waals surface area contributed by atoms with E-state index in [2.05, 4.69) is 35.8 Å². The lowest BCUT2D eigenvalue weighted by Crippen LogP contribution is -2.00. The van der Waals surface area contributed by atoms with Crippen LogP contribution in [-0.2, 0) is 0 Å². The third kappa shape index (κ3) is 2.74. The van der Waals surface area contributed by atoms with E-state index in [1.54, 1.807) is 0 Å². The molecule has 0 aliphatic rings. The molecule has 0 amide bonds. The van der Waals surface area contributed by atoms with Crippen molar-refractivity contribution in [3.8, 4) is 11.1 Å². The van der Waals surface area contributed by atoms with E-state index >= 15 is 0 Å². The fourth-order valence-corrected chi connectivity index (χ4v) is 2.85. The van der Waals surface area contributed by atoms with E-state index in [9.17, 15) is 4.39 Å². The average molecular weight is 321 g/mol. The fraction of sp³-hybridized carbons (Fsp3) is 0.294. The smallest absolute Gasteiger partial charge is 0.129 e. The van der Waals surface area contributed by atoms with Crippen molar-refractivity contribution in [1.29, 1.82) is 0 Å². The van der Waals surface area contributed by atoms with Crippen LogP contribution < -0.4 is 0 Å².